The zero-order valence-electron chi connectivity index (χ0n) is 9.53. The minimum atomic E-state index is -0.342. The summed E-state index contributed by atoms with van der Waals surface area (Å²) in [5.41, 5.74) is 1.54. The first-order valence-electron chi connectivity index (χ1n) is 5.58. The summed E-state index contributed by atoms with van der Waals surface area (Å²) >= 11 is 3.36. The lowest BCUT2D eigenvalue weighted by Gasteiger charge is -2.12. The number of hydrogen-bond donors (Lipinski definition) is 1. The average Bonchev–Trinajstić information content (AvgIpc) is 3.09. The van der Waals surface area contributed by atoms with Crippen LogP contribution in [0.2, 0.25) is 0 Å². The highest BCUT2D eigenvalue weighted by atomic mass is 79.9. The number of carbonyl (C=O) groups is 1. The fraction of sp³-hybridized carbons (Fsp3) is 0.385. The van der Waals surface area contributed by atoms with Crippen LogP contribution in [0.25, 0.3) is 0 Å². The minimum Gasteiger partial charge on any atom is -0.336 e. The maximum atomic E-state index is 12.0. The molecular formula is C13H13BrN2O. The van der Waals surface area contributed by atoms with E-state index < -0.39 is 0 Å². The molecule has 17 heavy (non-hydrogen) atoms. The highest BCUT2D eigenvalue weighted by Gasteiger charge is 2.32. The SMILES string of the molecule is Cc1cc(Br)ccc1C(=O)NC(C#N)C1CC1. The number of nitrogens with one attached hydrogen (secondary N) is 1. The fourth-order valence-electron chi connectivity index (χ4n) is 1.79. The molecule has 0 saturated heterocycles. The third kappa shape index (κ3) is 2.86. The molecule has 2 rings (SSSR count). The summed E-state index contributed by atoms with van der Waals surface area (Å²) in [6.45, 7) is 1.89. The monoisotopic (exact) mass is 292 g/mol. The Balaban J connectivity index is 2.11. The molecule has 0 radical (unpaired) electrons. The van der Waals surface area contributed by atoms with Gasteiger partial charge in [-0.15, -0.1) is 0 Å². The van der Waals surface area contributed by atoms with E-state index in [9.17, 15) is 4.79 Å². The summed E-state index contributed by atoms with van der Waals surface area (Å²) < 4.78 is 0.950. The predicted octanol–water partition coefficient (Wildman–Crippen LogP) is 2.79. The topological polar surface area (TPSA) is 52.9 Å². The Labute approximate surface area is 109 Å². The van der Waals surface area contributed by atoms with E-state index >= 15 is 0 Å². The summed E-state index contributed by atoms with van der Waals surface area (Å²) in [6.07, 6.45) is 2.08. The molecule has 1 saturated carbocycles. The van der Waals surface area contributed by atoms with E-state index in [0.717, 1.165) is 22.9 Å². The van der Waals surface area contributed by atoms with Gasteiger partial charge in [0.25, 0.3) is 5.91 Å². The molecule has 1 N–H and O–H groups in total. The third-order valence-corrected chi connectivity index (χ3v) is 3.45. The molecule has 1 unspecified atom stereocenters. The molecule has 0 spiro atoms. The van der Waals surface area contributed by atoms with Crippen LogP contribution in [0.1, 0.15) is 28.8 Å². The second-order valence-corrected chi connectivity index (χ2v) is 5.29. The van der Waals surface area contributed by atoms with Crippen LogP contribution >= 0.6 is 15.9 Å². The van der Waals surface area contributed by atoms with Crippen LogP contribution in [0, 0.1) is 24.2 Å². The smallest absolute Gasteiger partial charge is 0.252 e. The first-order valence-corrected chi connectivity index (χ1v) is 6.37. The molecule has 0 heterocycles. The maximum absolute atomic E-state index is 12.0. The zero-order chi connectivity index (χ0) is 12.4. The molecule has 4 heteroatoms. The van der Waals surface area contributed by atoms with Crippen LogP contribution < -0.4 is 5.32 Å². The van der Waals surface area contributed by atoms with E-state index in [1.807, 2.05) is 19.1 Å². The van der Waals surface area contributed by atoms with Gasteiger partial charge in [0.15, 0.2) is 0 Å². The third-order valence-electron chi connectivity index (χ3n) is 2.95. The second-order valence-electron chi connectivity index (χ2n) is 4.38. The number of hydrogen-bond acceptors (Lipinski definition) is 2. The van der Waals surface area contributed by atoms with E-state index in [1.54, 1.807) is 6.07 Å². The Morgan fingerprint density at radius 2 is 2.29 bits per heavy atom. The molecule has 0 aliphatic heterocycles. The van der Waals surface area contributed by atoms with Gasteiger partial charge in [-0.05, 0) is 49.4 Å². The lowest BCUT2D eigenvalue weighted by Crippen LogP contribution is -2.35. The molecule has 0 aromatic heterocycles. The summed E-state index contributed by atoms with van der Waals surface area (Å²) in [5, 5.41) is 11.8. The highest BCUT2D eigenvalue weighted by molar-refractivity contribution is 9.10. The molecule has 1 amide bonds. The highest BCUT2D eigenvalue weighted by Crippen LogP contribution is 2.32. The number of rotatable bonds is 3. The Hall–Kier alpha value is -1.34. The molecule has 1 fully saturated rings. The van der Waals surface area contributed by atoms with Crippen molar-refractivity contribution in [3.05, 3.63) is 33.8 Å². The van der Waals surface area contributed by atoms with Crippen molar-refractivity contribution in [3.63, 3.8) is 0 Å². The lowest BCUT2D eigenvalue weighted by molar-refractivity contribution is 0.0941. The normalized spacial score (nSPS) is 16.1. The number of benzene rings is 1. The molecule has 88 valence electrons. The first-order chi connectivity index (χ1) is 8.11. The van der Waals surface area contributed by atoms with Crippen molar-refractivity contribution in [2.45, 2.75) is 25.8 Å². The van der Waals surface area contributed by atoms with Crippen LogP contribution in [0.4, 0.5) is 0 Å². The second kappa shape index (κ2) is 4.89. The Kier molecular flexibility index (Phi) is 3.49. The van der Waals surface area contributed by atoms with Crippen LogP contribution in [0.15, 0.2) is 22.7 Å². The van der Waals surface area contributed by atoms with Crippen molar-refractivity contribution in [3.8, 4) is 6.07 Å². The molecule has 1 aliphatic carbocycles. The number of nitrogens with zero attached hydrogens (tertiary/aromatic N) is 1. The van der Waals surface area contributed by atoms with E-state index in [4.69, 9.17) is 5.26 Å². The van der Waals surface area contributed by atoms with Gasteiger partial charge in [0.1, 0.15) is 6.04 Å². The standard InChI is InChI=1S/C13H13BrN2O/c1-8-6-10(14)4-5-11(8)13(17)16-12(7-15)9-2-3-9/h4-6,9,12H,2-3H2,1H3,(H,16,17). The van der Waals surface area contributed by atoms with Crippen molar-refractivity contribution in [1.82, 2.24) is 5.32 Å². The predicted molar refractivity (Wildman–Crippen MR) is 68.5 cm³/mol. The Bertz CT molecular complexity index is 489. The molecule has 1 aromatic rings. The average molecular weight is 293 g/mol. The first kappa shape index (κ1) is 12.1. The van der Waals surface area contributed by atoms with Crippen LogP contribution in [-0.4, -0.2) is 11.9 Å². The minimum absolute atomic E-state index is 0.159. The number of amides is 1. The van der Waals surface area contributed by atoms with E-state index in [-0.39, 0.29) is 11.9 Å². The summed E-state index contributed by atoms with van der Waals surface area (Å²) in [4.78, 5) is 12.0. The van der Waals surface area contributed by atoms with Crippen LogP contribution in [0.5, 0.6) is 0 Å². The van der Waals surface area contributed by atoms with E-state index in [2.05, 4.69) is 27.3 Å². The Morgan fingerprint density at radius 1 is 1.59 bits per heavy atom. The molecule has 1 aromatic carbocycles. The van der Waals surface area contributed by atoms with Crippen molar-refractivity contribution < 1.29 is 4.79 Å². The van der Waals surface area contributed by atoms with Gasteiger partial charge in [-0.1, -0.05) is 15.9 Å². The van der Waals surface area contributed by atoms with Crippen molar-refractivity contribution in [1.29, 1.82) is 5.26 Å². The lowest BCUT2D eigenvalue weighted by atomic mass is 10.1. The summed E-state index contributed by atoms with van der Waals surface area (Å²) in [5.74, 6) is 0.188. The molecular weight excluding hydrogens is 280 g/mol. The van der Waals surface area contributed by atoms with E-state index in [0.29, 0.717) is 11.5 Å². The van der Waals surface area contributed by atoms with E-state index in [1.165, 1.54) is 0 Å². The van der Waals surface area contributed by atoms with Crippen LogP contribution in [-0.2, 0) is 0 Å². The zero-order valence-corrected chi connectivity index (χ0v) is 11.1. The van der Waals surface area contributed by atoms with Crippen molar-refractivity contribution in [2.75, 3.05) is 0 Å². The van der Waals surface area contributed by atoms with Gasteiger partial charge >= 0.3 is 0 Å². The molecule has 1 aliphatic rings. The quantitative estimate of drug-likeness (QED) is 0.931. The molecule has 1 atom stereocenters. The molecule has 0 bridgehead atoms. The Morgan fingerprint density at radius 3 is 2.82 bits per heavy atom. The maximum Gasteiger partial charge on any atom is 0.252 e. The summed E-state index contributed by atoms with van der Waals surface area (Å²) in [6, 6.07) is 7.32. The van der Waals surface area contributed by atoms with Gasteiger partial charge in [0.2, 0.25) is 0 Å². The van der Waals surface area contributed by atoms with Gasteiger partial charge in [-0.2, -0.15) is 5.26 Å². The van der Waals surface area contributed by atoms with Crippen molar-refractivity contribution >= 4 is 21.8 Å². The molecule has 3 nitrogen and oxygen atoms in total. The number of carbonyl (C=O) groups excluding carboxylic acids is 1. The van der Waals surface area contributed by atoms with Crippen molar-refractivity contribution in [2.24, 2.45) is 5.92 Å². The number of halogens is 1. The fourth-order valence-corrected chi connectivity index (χ4v) is 2.26. The van der Waals surface area contributed by atoms with Gasteiger partial charge < -0.3 is 5.32 Å². The van der Waals surface area contributed by atoms with Gasteiger partial charge in [-0.25, -0.2) is 0 Å². The van der Waals surface area contributed by atoms with Crippen LogP contribution in [0.3, 0.4) is 0 Å². The van der Waals surface area contributed by atoms with Gasteiger partial charge in [0, 0.05) is 10.0 Å². The number of nitriles is 1. The van der Waals surface area contributed by atoms with Gasteiger partial charge in [-0.3, -0.25) is 4.79 Å². The number of aryl methyl sites for hydroxylation is 1. The van der Waals surface area contributed by atoms with Gasteiger partial charge in [0.05, 0.1) is 6.07 Å². The largest absolute Gasteiger partial charge is 0.336 e. The summed E-state index contributed by atoms with van der Waals surface area (Å²) in [7, 11) is 0.